The number of rotatable bonds is 9. The number of hydrogen-bond acceptors (Lipinski definition) is 3. The highest BCUT2D eigenvalue weighted by molar-refractivity contribution is 6.59. The third-order valence-corrected chi connectivity index (χ3v) is 7.65. The van der Waals surface area contributed by atoms with E-state index >= 15 is 0 Å². The molecule has 0 heterocycles. The van der Waals surface area contributed by atoms with Crippen LogP contribution in [-0.4, -0.2) is 38.7 Å². The lowest BCUT2D eigenvalue weighted by Gasteiger charge is -2.23. The second-order valence-corrected chi connectivity index (χ2v) is 10.9. The lowest BCUT2D eigenvalue weighted by atomic mass is 9.94. The average molecular weight is 385 g/mol. The molecular formula is C20H33FO4Si+2. The molecule has 0 aliphatic rings. The first kappa shape index (κ1) is 22.8. The largest absolute Gasteiger partial charge is 0.464 e. The molecule has 2 atom stereocenters. The molecule has 26 heavy (non-hydrogen) atoms. The van der Waals surface area contributed by atoms with E-state index < -0.39 is 27.0 Å². The van der Waals surface area contributed by atoms with Crippen molar-refractivity contribution in [3.05, 3.63) is 35.1 Å². The molecule has 2 unspecified atom stereocenters. The second kappa shape index (κ2) is 9.62. The smallest absolute Gasteiger partial charge is 0.335 e. The van der Waals surface area contributed by atoms with Crippen LogP contribution in [0, 0.1) is 5.82 Å². The summed E-state index contributed by atoms with van der Waals surface area (Å²) in [5.41, 5.74) is 1.15. The molecule has 0 fully saturated rings. The highest BCUT2D eigenvalue weighted by Crippen LogP contribution is 2.43. The van der Waals surface area contributed by atoms with Crippen molar-refractivity contribution >= 4 is 14.8 Å². The van der Waals surface area contributed by atoms with Gasteiger partial charge in [-0.05, 0) is 52.3 Å². The summed E-state index contributed by atoms with van der Waals surface area (Å²) in [6, 6.07) is 4.74. The lowest BCUT2D eigenvalue weighted by Crippen LogP contribution is -2.31. The summed E-state index contributed by atoms with van der Waals surface area (Å²) in [7, 11) is -0.798. The quantitative estimate of drug-likeness (QED) is 0.367. The van der Waals surface area contributed by atoms with Crippen LogP contribution in [-0.2, 0) is 20.7 Å². The number of hydrogen-bond donors (Lipinski definition) is 0. The predicted molar refractivity (Wildman–Crippen MR) is 105 cm³/mol. The Morgan fingerprint density at radius 3 is 2.42 bits per heavy atom. The fourth-order valence-corrected chi connectivity index (χ4v) is 3.32. The van der Waals surface area contributed by atoms with E-state index in [-0.39, 0.29) is 23.6 Å². The van der Waals surface area contributed by atoms with Gasteiger partial charge in [0.15, 0.2) is 11.1 Å². The zero-order chi connectivity index (χ0) is 20.1. The van der Waals surface area contributed by atoms with Gasteiger partial charge >= 0.3 is 14.8 Å². The minimum absolute atomic E-state index is 0.127. The third kappa shape index (κ3) is 5.89. The van der Waals surface area contributed by atoms with Gasteiger partial charge in [0.1, 0.15) is 5.82 Å². The van der Waals surface area contributed by atoms with Crippen LogP contribution >= 0.6 is 0 Å². The van der Waals surface area contributed by atoms with E-state index in [0.29, 0.717) is 12.0 Å². The van der Waals surface area contributed by atoms with E-state index in [1.165, 1.54) is 6.07 Å². The van der Waals surface area contributed by atoms with Gasteiger partial charge < -0.3 is 14.6 Å². The van der Waals surface area contributed by atoms with Gasteiger partial charge in [0, 0.05) is 6.42 Å². The number of benzene rings is 1. The summed E-state index contributed by atoms with van der Waals surface area (Å²) in [5, 5.41) is 8.31. The van der Waals surface area contributed by atoms with Crippen molar-refractivity contribution in [2.24, 2.45) is 0 Å². The molecule has 6 heteroatoms. The monoisotopic (exact) mass is 384 g/mol. The average Bonchev–Trinajstić information content (AvgIpc) is 2.54. The molecule has 0 bridgehead atoms. The van der Waals surface area contributed by atoms with Crippen LogP contribution < -0.4 is 0 Å². The lowest BCUT2D eigenvalue weighted by molar-refractivity contribution is -0.159. The van der Waals surface area contributed by atoms with Gasteiger partial charge in [-0.1, -0.05) is 6.07 Å². The number of ether oxygens (including phenoxy) is 2. The Morgan fingerprint density at radius 2 is 1.92 bits per heavy atom. The molecule has 0 saturated heterocycles. The van der Waals surface area contributed by atoms with E-state index in [9.17, 15) is 9.18 Å². The normalized spacial score (nSPS) is 14.2. The zero-order valence-electron chi connectivity index (χ0n) is 17.0. The highest BCUT2D eigenvalue weighted by atomic mass is 28.3. The van der Waals surface area contributed by atoms with Crippen molar-refractivity contribution < 1.29 is 23.8 Å². The molecule has 1 aromatic carbocycles. The molecule has 0 aromatic heterocycles. The predicted octanol–water partition coefficient (Wildman–Crippen LogP) is 4.03. The molecule has 0 saturated carbocycles. The van der Waals surface area contributed by atoms with Gasteiger partial charge in [0.05, 0.1) is 31.4 Å². The van der Waals surface area contributed by atoms with Gasteiger partial charge in [-0.15, -0.1) is 0 Å². The van der Waals surface area contributed by atoms with Crippen LogP contribution in [0.2, 0.25) is 18.1 Å². The van der Waals surface area contributed by atoms with Gasteiger partial charge in [-0.25, -0.2) is 9.18 Å². The molecule has 0 amide bonds. The maximum Gasteiger partial charge on any atom is 0.335 e. The molecule has 0 aliphatic heterocycles. The fraction of sp³-hybridized carbons (Fsp3) is 0.650. The Morgan fingerprint density at radius 1 is 1.31 bits per heavy atom. The molecule has 1 rings (SSSR count). The maximum atomic E-state index is 14.4. The summed E-state index contributed by atoms with van der Waals surface area (Å²) < 4.78 is 25.2. The van der Waals surface area contributed by atoms with Crippen LogP contribution in [0.5, 0.6) is 0 Å². The summed E-state index contributed by atoms with van der Waals surface area (Å²) in [6.07, 6.45) is -1.22. The van der Waals surface area contributed by atoms with Crippen LogP contribution in [0.4, 0.5) is 4.39 Å². The van der Waals surface area contributed by atoms with Crippen LogP contribution in [0.1, 0.15) is 51.8 Å². The number of carbonyl (C=O) groups excluding carboxylic acids is 1. The standard InChI is InChI=1S/C20H32FO4Si/c1-8-24-19(23)17(25-13(2)3)12-14-9-10-16(21)15(11-14)18(22)20(4,5)26(6)7/h9-11,13,17-18,22H,8,12H2,1-7H3/q+1/p+1. The number of halogens is 1. The SMILES string of the molecule is CCOC(=O)C(Cc1ccc(F)c(C([OH2+])C(C)(C)[Si+](C)C)c1)OC(C)C. The van der Waals surface area contributed by atoms with Crippen LogP contribution in [0.25, 0.3) is 0 Å². The summed E-state index contributed by atoms with van der Waals surface area (Å²) in [4.78, 5) is 12.2. The summed E-state index contributed by atoms with van der Waals surface area (Å²) in [5.74, 6) is -0.787. The van der Waals surface area contributed by atoms with Crippen LogP contribution in [0.15, 0.2) is 18.2 Å². The Balaban J connectivity index is 3.12. The second-order valence-electron chi connectivity index (χ2n) is 7.64. The third-order valence-electron chi connectivity index (χ3n) is 4.79. The highest BCUT2D eigenvalue weighted by Gasteiger charge is 2.48. The minimum atomic E-state index is -0.798. The van der Waals surface area contributed by atoms with Crippen molar-refractivity contribution in [1.82, 2.24) is 0 Å². The molecule has 1 aromatic rings. The molecular weight excluding hydrogens is 351 g/mol. The van der Waals surface area contributed by atoms with Crippen LogP contribution in [0.3, 0.4) is 0 Å². The maximum absolute atomic E-state index is 14.4. The Bertz CT molecular complexity index is 601. The zero-order valence-corrected chi connectivity index (χ0v) is 18.0. The molecule has 0 radical (unpaired) electrons. The van der Waals surface area contributed by atoms with Crippen molar-refractivity contribution in [3.8, 4) is 0 Å². The topological polar surface area (TPSA) is 58.4 Å². The summed E-state index contributed by atoms with van der Waals surface area (Å²) in [6.45, 7) is 14.1. The first-order valence-corrected chi connectivity index (χ1v) is 11.6. The molecule has 146 valence electrons. The molecule has 0 spiro atoms. The molecule has 2 N–H and O–H groups in total. The first-order chi connectivity index (χ1) is 12.0. The Hall–Kier alpha value is -1.24. The minimum Gasteiger partial charge on any atom is -0.464 e. The van der Waals surface area contributed by atoms with Gasteiger partial charge in [-0.3, -0.25) is 0 Å². The van der Waals surface area contributed by atoms with E-state index in [1.54, 1.807) is 19.1 Å². The number of esters is 1. The van der Waals surface area contributed by atoms with E-state index in [4.69, 9.17) is 14.6 Å². The van der Waals surface area contributed by atoms with E-state index in [1.807, 2.05) is 27.7 Å². The fourth-order valence-electron chi connectivity index (χ4n) is 2.58. The first-order valence-electron chi connectivity index (χ1n) is 9.12. The van der Waals surface area contributed by atoms with Gasteiger partial charge in [-0.2, -0.15) is 0 Å². The Kier molecular flexibility index (Phi) is 8.44. The van der Waals surface area contributed by atoms with Crippen molar-refractivity contribution in [2.75, 3.05) is 6.61 Å². The van der Waals surface area contributed by atoms with Crippen molar-refractivity contribution in [2.45, 2.75) is 77.5 Å². The number of carbonyl (C=O) groups is 1. The summed E-state index contributed by atoms with van der Waals surface area (Å²) >= 11 is 0. The van der Waals surface area contributed by atoms with E-state index in [0.717, 1.165) is 5.56 Å². The van der Waals surface area contributed by atoms with Crippen molar-refractivity contribution in [3.63, 3.8) is 0 Å². The van der Waals surface area contributed by atoms with E-state index in [2.05, 4.69) is 13.1 Å². The van der Waals surface area contributed by atoms with Crippen molar-refractivity contribution in [1.29, 1.82) is 0 Å². The van der Waals surface area contributed by atoms with Gasteiger partial charge in [0.2, 0.25) is 6.10 Å². The Labute approximate surface area is 158 Å². The molecule has 4 nitrogen and oxygen atoms in total. The molecule has 0 aliphatic carbocycles. The van der Waals surface area contributed by atoms with Gasteiger partial charge in [0.25, 0.3) is 0 Å².